The molecule has 0 aromatic carbocycles. The SMILES string of the molecule is COC(=O)CN(CCN(CC(C)=O)CC(=O)OC)CCN(CC(=O)OC)CC(=O)OC. The first kappa shape index (κ1) is 28.4. The summed E-state index contributed by atoms with van der Waals surface area (Å²) in [5.74, 6) is -2.12. The molecular formula is C19H33N3O9. The molecule has 0 spiro atoms. The van der Waals surface area contributed by atoms with E-state index in [1.807, 2.05) is 0 Å². The van der Waals surface area contributed by atoms with Crippen molar-refractivity contribution in [2.24, 2.45) is 0 Å². The third-order valence-electron chi connectivity index (χ3n) is 4.23. The van der Waals surface area contributed by atoms with Crippen molar-refractivity contribution in [2.75, 3.05) is 87.3 Å². The summed E-state index contributed by atoms with van der Waals surface area (Å²) in [6.45, 7) is 2.27. The van der Waals surface area contributed by atoms with Gasteiger partial charge < -0.3 is 18.9 Å². The zero-order valence-corrected chi connectivity index (χ0v) is 18.9. The van der Waals surface area contributed by atoms with Crippen molar-refractivity contribution in [1.82, 2.24) is 14.7 Å². The van der Waals surface area contributed by atoms with Gasteiger partial charge in [0.2, 0.25) is 0 Å². The molecule has 0 rings (SSSR count). The highest BCUT2D eigenvalue weighted by atomic mass is 16.5. The zero-order valence-electron chi connectivity index (χ0n) is 18.9. The minimum absolute atomic E-state index is 0.0487. The zero-order chi connectivity index (χ0) is 23.8. The van der Waals surface area contributed by atoms with Crippen LogP contribution in [-0.4, -0.2) is 132 Å². The fourth-order valence-electron chi connectivity index (χ4n) is 2.57. The van der Waals surface area contributed by atoms with E-state index in [-0.39, 0.29) is 45.1 Å². The van der Waals surface area contributed by atoms with Crippen molar-refractivity contribution in [3.8, 4) is 0 Å². The number of nitrogens with zero attached hydrogens (tertiary/aromatic N) is 3. The molecule has 0 atom stereocenters. The molecule has 0 bridgehead atoms. The van der Waals surface area contributed by atoms with Gasteiger partial charge >= 0.3 is 23.9 Å². The molecule has 0 heterocycles. The van der Waals surface area contributed by atoms with E-state index in [4.69, 9.17) is 4.74 Å². The van der Waals surface area contributed by atoms with Gasteiger partial charge in [-0.1, -0.05) is 0 Å². The smallest absolute Gasteiger partial charge is 0.319 e. The van der Waals surface area contributed by atoms with Crippen molar-refractivity contribution in [3.63, 3.8) is 0 Å². The Morgan fingerprint density at radius 3 is 1.03 bits per heavy atom. The first-order valence-corrected chi connectivity index (χ1v) is 9.58. The van der Waals surface area contributed by atoms with Gasteiger partial charge in [0.05, 0.1) is 61.2 Å². The maximum atomic E-state index is 11.8. The Morgan fingerprint density at radius 1 is 0.484 bits per heavy atom. The molecule has 0 unspecified atom stereocenters. The fraction of sp³-hybridized carbons (Fsp3) is 0.737. The second-order valence-corrected chi connectivity index (χ2v) is 6.70. The highest BCUT2D eigenvalue weighted by Gasteiger charge is 2.20. The molecule has 0 radical (unpaired) electrons. The quantitative estimate of drug-likeness (QED) is 0.195. The number of carbonyl (C=O) groups is 5. The van der Waals surface area contributed by atoms with Crippen LogP contribution in [0.3, 0.4) is 0 Å². The van der Waals surface area contributed by atoms with Crippen molar-refractivity contribution in [2.45, 2.75) is 6.92 Å². The van der Waals surface area contributed by atoms with E-state index in [0.717, 1.165) is 0 Å². The number of hydrogen-bond acceptors (Lipinski definition) is 12. The molecule has 0 N–H and O–H groups in total. The number of methoxy groups -OCH3 is 4. The molecule has 0 aromatic heterocycles. The predicted molar refractivity (Wildman–Crippen MR) is 108 cm³/mol. The van der Waals surface area contributed by atoms with Gasteiger partial charge in [-0.3, -0.25) is 38.7 Å². The van der Waals surface area contributed by atoms with Gasteiger partial charge in [0.15, 0.2) is 0 Å². The van der Waals surface area contributed by atoms with Crippen molar-refractivity contribution >= 4 is 29.7 Å². The van der Waals surface area contributed by atoms with Gasteiger partial charge in [0.1, 0.15) is 5.78 Å². The molecule has 178 valence electrons. The molecule has 0 aliphatic rings. The van der Waals surface area contributed by atoms with Crippen LogP contribution < -0.4 is 0 Å². The van der Waals surface area contributed by atoms with Gasteiger partial charge in [-0.05, 0) is 6.92 Å². The number of carbonyl (C=O) groups excluding carboxylic acids is 5. The maximum absolute atomic E-state index is 11.8. The first-order valence-electron chi connectivity index (χ1n) is 9.58. The lowest BCUT2D eigenvalue weighted by molar-refractivity contribution is -0.146. The summed E-state index contributed by atoms with van der Waals surface area (Å²) < 4.78 is 18.7. The van der Waals surface area contributed by atoms with Crippen LogP contribution in [0.5, 0.6) is 0 Å². The third kappa shape index (κ3) is 14.1. The number of esters is 4. The van der Waals surface area contributed by atoms with E-state index in [2.05, 4.69) is 14.2 Å². The lowest BCUT2D eigenvalue weighted by Crippen LogP contribution is -2.45. The molecule has 0 saturated carbocycles. The van der Waals surface area contributed by atoms with E-state index >= 15 is 0 Å². The predicted octanol–water partition coefficient (Wildman–Crippen LogP) is -1.83. The van der Waals surface area contributed by atoms with E-state index in [9.17, 15) is 24.0 Å². The Morgan fingerprint density at radius 2 is 0.742 bits per heavy atom. The molecular weight excluding hydrogens is 414 g/mol. The third-order valence-corrected chi connectivity index (χ3v) is 4.23. The lowest BCUT2D eigenvalue weighted by atomic mass is 10.3. The monoisotopic (exact) mass is 447 g/mol. The maximum Gasteiger partial charge on any atom is 0.319 e. The Labute approximate surface area is 182 Å². The Balaban J connectivity index is 5.12. The molecule has 31 heavy (non-hydrogen) atoms. The van der Waals surface area contributed by atoms with Crippen LogP contribution in [0.15, 0.2) is 0 Å². The number of rotatable bonds is 16. The Kier molecular flexibility index (Phi) is 14.8. The van der Waals surface area contributed by atoms with Crippen LogP contribution >= 0.6 is 0 Å². The minimum atomic E-state index is -0.519. The summed E-state index contributed by atoms with van der Waals surface area (Å²) in [5.41, 5.74) is 0. The molecule has 0 amide bonds. The van der Waals surface area contributed by atoms with Gasteiger partial charge in [-0.2, -0.15) is 0 Å². The van der Waals surface area contributed by atoms with Crippen molar-refractivity contribution in [3.05, 3.63) is 0 Å². The highest BCUT2D eigenvalue weighted by Crippen LogP contribution is 1.99. The van der Waals surface area contributed by atoms with Crippen LogP contribution in [-0.2, 0) is 42.9 Å². The molecule has 0 aliphatic heterocycles. The summed E-state index contributed by atoms with van der Waals surface area (Å²) in [7, 11) is 5.01. The standard InChI is InChI=1S/C19H33N3O9/c1-15(23)10-21(12-17(25)29-3)8-6-20(11-16(24)28-2)7-9-22(13-18(26)30-4)14-19(27)31-5/h6-14H2,1-5H3. The van der Waals surface area contributed by atoms with E-state index in [0.29, 0.717) is 19.6 Å². The van der Waals surface area contributed by atoms with Crippen LogP contribution in [0.2, 0.25) is 0 Å². The minimum Gasteiger partial charge on any atom is -0.468 e. The van der Waals surface area contributed by atoms with E-state index < -0.39 is 23.9 Å². The number of Topliss-reactive ketones (excluding diaryl/α,β-unsaturated/α-hetero) is 1. The molecule has 0 aromatic rings. The van der Waals surface area contributed by atoms with E-state index in [1.165, 1.54) is 40.3 Å². The number of hydrogen-bond donors (Lipinski definition) is 0. The van der Waals surface area contributed by atoms with Gasteiger partial charge in [-0.25, -0.2) is 0 Å². The summed E-state index contributed by atoms with van der Waals surface area (Å²) >= 11 is 0. The fourth-order valence-corrected chi connectivity index (χ4v) is 2.57. The van der Waals surface area contributed by atoms with Gasteiger partial charge in [-0.15, -0.1) is 0 Å². The summed E-state index contributed by atoms with van der Waals surface area (Å²) in [6.07, 6.45) is 0. The summed E-state index contributed by atoms with van der Waals surface area (Å²) in [6, 6.07) is 0. The second kappa shape index (κ2) is 16.2. The van der Waals surface area contributed by atoms with E-state index in [1.54, 1.807) is 9.80 Å². The van der Waals surface area contributed by atoms with Crippen LogP contribution in [0.1, 0.15) is 6.92 Å². The molecule has 12 nitrogen and oxygen atoms in total. The molecule has 0 aliphatic carbocycles. The average molecular weight is 447 g/mol. The number of ketones is 1. The number of ether oxygens (including phenoxy) is 4. The van der Waals surface area contributed by atoms with Crippen LogP contribution in [0.4, 0.5) is 0 Å². The Hall–Kier alpha value is -2.57. The average Bonchev–Trinajstić information content (AvgIpc) is 2.73. The summed E-state index contributed by atoms with van der Waals surface area (Å²) in [5, 5.41) is 0. The first-order chi connectivity index (χ1) is 14.6. The van der Waals surface area contributed by atoms with Gasteiger partial charge in [0, 0.05) is 26.2 Å². The van der Waals surface area contributed by atoms with Crippen LogP contribution in [0.25, 0.3) is 0 Å². The Bertz CT molecular complexity index is 594. The molecule has 0 saturated heterocycles. The molecule has 0 fully saturated rings. The summed E-state index contributed by atoms with van der Waals surface area (Å²) in [4.78, 5) is 63.0. The highest BCUT2D eigenvalue weighted by molar-refractivity contribution is 5.79. The van der Waals surface area contributed by atoms with Crippen molar-refractivity contribution in [1.29, 1.82) is 0 Å². The lowest BCUT2D eigenvalue weighted by Gasteiger charge is -2.28. The van der Waals surface area contributed by atoms with Crippen molar-refractivity contribution < 1.29 is 42.9 Å². The normalized spacial score (nSPS) is 10.8. The van der Waals surface area contributed by atoms with Crippen LogP contribution in [0, 0.1) is 0 Å². The molecule has 12 heteroatoms. The van der Waals surface area contributed by atoms with Gasteiger partial charge in [0.25, 0.3) is 0 Å². The topological polar surface area (TPSA) is 132 Å². The largest absolute Gasteiger partial charge is 0.468 e. The second-order valence-electron chi connectivity index (χ2n) is 6.70.